The molecule has 0 saturated carbocycles. The van der Waals surface area contributed by atoms with E-state index in [1.807, 2.05) is 0 Å². The molecule has 0 aliphatic carbocycles. The predicted molar refractivity (Wildman–Crippen MR) is 54.6 cm³/mol. The molecule has 15 heavy (non-hydrogen) atoms. The molecule has 1 aromatic heterocycles. The summed E-state index contributed by atoms with van der Waals surface area (Å²) in [6, 6.07) is 6.55. The lowest BCUT2D eigenvalue weighted by molar-refractivity contribution is 0.622. The first-order chi connectivity index (χ1) is 7.16. The first-order valence-electron chi connectivity index (χ1n) is 4.24. The average molecular weight is 226 g/mol. The third-order valence-electron chi connectivity index (χ3n) is 1.93. The molecule has 0 fully saturated rings. The van der Waals surface area contributed by atoms with Gasteiger partial charge in [0.05, 0.1) is 5.69 Å². The first kappa shape index (κ1) is 10.1. The van der Waals surface area contributed by atoms with Crippen molar-refractivity contribution in [2.24, 2.45) is 0 Å². The zero-order valence-electron chi connectivity index (χ0n) is 7.55. The van der Waals surface area contributed by atoms with Crippen molar-refractivity contribution in [3.63, 3.8) is 0 Å². The fourth-order valence-corrected chi connectivity index (χ4v) is 1.41. The van der Waals surface area contributed by atoms with E-state index in [2.05, 4.69) is 4.98 Å². The Bertz CT molecular complexity index is 500. The zero-order valence-corrected chi connectivity index (χ0v) is 8.30. The molecule has 1 heterocycles. The van der Waals surface area contributed by atoms with Crippen LogP contribution < -0.4 is 0 Å². The van der Waals surface area contributed by atoms with Crippen molar-refractivity contribution >= 4 is 11.6 Å². The number of hydrogen-bond acceptors (Lipinski definition) is 1. The number of rotatable bonds is 1. The Balaban J connectivity index is 2.54. The van der Waals surface area contributed by atoms with Gasteiger partial charge in [0.25, 0.3) is 0 Å². The minimum atomic E-state index is -0.513. The molecule has 76 valence electrons. The highest BCUT2D eigenvalue weighted by atomic mass is 35.5. The van der Waals surface area contributed by atoms with Crippen LogP contribution in [0.15, 0.2) is 36.5 Å². The normalized spacial score (nSPS) is 10.3. The van der Waals surface area contributed by atoms with Crippen LogP contribution in [0.1, 0.15) is 0 Å². The van der Waals surface area contributed by atoms with Crippen molar-refractivity contribution in [2.45, 2.75) is 0 Å². The van der Waals surface area contributed by atoms with Crippen LogP contribution in [-0.4, -0.2) is 4.98 Å². The molecule has 0 bridgehead atoms. The lowest BCUT2D eigenvalue weighted by Gasteiger charge is -2.02. The largest absolute Gasteiger partial charge is 0.256 e. The van der Waals surface area contributed by atoms with E-state index in [4.69, 9.17) is 11.6 Å². The van der Waals surface area contributed by atoms with E-state index in [0.717, 1.165) is 0 Å². The van der Waals surface area contributed by atoms with Gasteiger partial charge in [-0.15, -0.1) is 0 Å². The smallest absolute Gasteiger partial charge is 0.134 e. The summed E-state index contributed by atoms with van der Waals surface area (Å²) in [5, 5.41) is 0.299. The molecular formula is C11H6ClF2N. The van der Waals surface area contributed by atoms with Crippen LogP contribution in [0.25, 0.3) is 11.3 Å². The van der Waals surface area contributed by atoms with Crippen molar-refractivity contribution < 1.29 is 8.78 Å². The highest BCUT2D eigenvalue weighted by Crippen LogP contribution is 2.23. The minimum absolute atomic E-state index is 0.235. The van der Waals surface area contributed by atoms with Gasteiger partial charge in [0.1, 0.15) is 11.6 Å². The maximum Gasteiger partial charge on any atom is 0.134 e. The molecule has 0 aliphatic rings. The summed E-state index contributed by atoms with van der Waals surface area (Å²) in [5.41, 5.74) is 0.489. The maximum atomic E-state index is 13.4. The van der Waals surface area contributed by atoms with E-state index < -0.39 is 11.6 Å². The fraction of sp³-hybridized carbons (Fsp3) is 0. The van der Waals surface area contributed by atoms with E-state index in [0.29, 0.717) is 5.02 Å². The summed E-state index contributed by atoms with van der Waals surface area (Å²) in [6.07, 6.45) is 1.29. The molecular weight excluding hydrogens is 220 g/mol. The third kappa shape index (κ3) is 2.13. The number of halogens is 3. The fourth-order valence-electron chi connectivity index (χ4n) is 1.25. The Kier molecular flexibility index (Phi) is 2.64. The van der Waals surface area contributed by atoms with Gasteiger partial charge in [0, 0.05) is 22.8 Å². The third-order valence-corrected chi connectivity index (χ3v) is 2.16. The Hall–Kier alpha value is -1.48. The van der Waals surface area contributed by atoms with Crippen molar-refractivity contribution in [1.82, 2.24) is 4.98 Å². The lowest BCUT2D eigenvalue weighted by Crippen LogP contribution is -1.88. The predicted octanol–water partition coefficient (Wildman–Crippen LogP) is 3.68. The molecule has 0 aliphatic heterocycles. The first-order valence-corrected chi connectivity index (χ1v) is 4.61. The number of hydrogen-bond donors (Lipinski definition) is 0. The molecule has 2 rings (SSSR count). The second kappa shape index (κ2) is 3.95. The van der Waals surface area contributed by atoms with E-state index in [1.54, 1.807) is 0 Å². The Morgan fingerprint density at radius 2 is 1.87 bits per heavy atom. The molecule has 0 N–H and O–H groups in total. The second-order valence-corrected chi connectivity index (χ2v) is 3.42. The molecule has 1 nitrogen and oxygen atoms in total. The summed E-state index contributed by atoms with van der Waals surface area (Å²) >= 11 is 5.60. The molecule has 0 spiro atoms. The highest BCUT2D eigenvalue weighted by molar-refractivity contribution is 6.30. The summed E-state index contributed by atoms with van der Waals surface area (Å²) in [5.74, 6) is -0.963. The minimum Gasteiger partial charge on any atom is -0.256 e. The van der Waals surface area contributed by atoms with Crippen LogP contribution in [0, 0.1) is 11.6 Å². The van der Waals surface area contributed by atoms with E-state index in [9.17, 15) is 8.78 Å². The summed E-state index contributed by atoms with van der Waals surface area (Å²) in [4.78, 5) is 3.88. The standard InChI is InChI=1S/C11H6ClF2N/c12-7-1-2-9(10(14)5-7)11-6-8(13)3-4-15-11/h1-6H. The van der Waals surface area contributed by atoms with E-state index in [-0.39, 0.29) is 11.3 Å². The van der Waals surface area contributed by atoms with E-state index >= 15 is 0 Å². The van der Waals surface area contributed by atoms with Crippen LogP contribution in [-0.2, 0) is 0 Å². The second-order valence-electron chi connectivity index (χ2n) is 2.98. The molecule has 0 saturated heterocycles. The molecule has 0 atom stereocenters. The Morgan fingerprint density at radius 3 is 2.53 bits per heavy atom. The van der Waals surface area contributed by atoms with Crippen LogP contribution >= 0.6 is 11.6 Å². The van der Waals surface area contributed by atoms with Gasteiger partial charge in [-0.05, 0) is 24.3 Å². The Labute approximate surface area is 90.3 Å². The number of benzene rings is 1. The average Bonchev–Trinajstić information content (AvgIpc) is 2.17. The topological polar surface area (TPSA) is 12.9 Å². The quantitative estimate of drug-likeness (QED) is 0.722. The van der Waals surface area contributed by atoms with Crippen LogP contribution in [0.3, 0.4) is 0 Å². The van der Waals surface area contributed by atoms with Gasteiger partial charge in [0.15, 0.2) is 0 Å². The van der Waals surface area contributed by atoms with Crippen molar-refractivity contribution in [3.05, 3.63) is 53.2 Å². The van der Waals surface area contributed by atoms with Gasteiger partial charge < -0.3 is 0 Å². The molecule has 1 aromatic carbocycles. The van der Waals surface area contributed by atoms with Gasteiger partial charge >= 0.3 is 0 Å². The monoisotopic (exact) mass is 225 g/mol. The van der Waals surface area contributed by atoms with Crippen LogP contribution in [0.5, 0.6) is 0 Å². The van der Waals surface area contributed by atoms with Crippen molar-refractivity contribution in [2.75, 3.05) is 0 Å². The number of nitrogens with zero attached hydrogens (tertiary/aromatic N) is 1. The van der Waals surface area contributed by atoms with Crippen molar-refractivity contribution in [1.29, 1.82) is 0 Å². The summed E-state index contributed by atoms with van der Waals surface area (Å²) < 4.78 is 26.3. The van der Waals surface area contributed by atoms with Crippen LogP contribution in [0.4, 0.5) is 8.78 Å². The SMILES string of the molecule is Fc1ccnc(-c2ccc(Cl)cc2F)c1. The number of aromatic nitrogens is 1. The maximum absolute atomic E-state index is 13.4. The molecule has 2 aromatic rings. The molecule has 0 unspecified atom stereocenters. The van der Waals surface area contributed by atoms with E-state index in [1.165, 1.54) is 36.5 Å². The lowest BCUT2D eigenvalue weighted by atomic mass is 10.1. The molecule has 0 amide bonds. The van der Waals surface area contributed by atoms with Gasteiger partial charge in [-0.25, -0.2) is 8.78 Å². The highest BCUT2D eigenvalue weighted by Gasteiger charge is 2.07. The van der Waals surface area contributed by atoms with Gasteiger partial charge in [-0.2, -0.15) is 0 Å². The number of pyridine rings is 1. The summed E-state index contributed by atoms with van der Waals surface area (Å²) in [7, 11) is 0. The summed E-state index contributed by atoms with van der Waals surface area (Å²) in [6.45, 7) is 0. The van der Waals surface area contributed by atoms with Gasteiger partial charge in [-0.3, -0.25) is 4.98 Å². The zero-order chi connectivity index (χ0) is 10.8. The molecule has 4 heteroatoms. The van der Waals surface area contributed by atoms with Crippen LogP contribution in [0.2, 0.25) is 5.02 Å². The Morgan fingerprint density at radius 1 is 1.07 bits per heavy atom. The van der Waals surface area contributed by atoms with Gasteiger partial charge in [0.2, 0.25) is 0 Å². The molecule has 0 radical (unpaired) electrons. The van der Waals surface area contributed by atoms with Gasteiger partial charge in [-0.1, -0.05) is 11.6 Å². The van der Waals surface area contributed by atoms with Crippen molar-refractivity contribution in [3.8, 4) is 11.3 Å².